The summed E-state index contributed by atoms with van der Waals surface area (Å²) in [5.41, 5.74) is 4.69. The maximum Gasteiger partial charge on any atom is 0.407 e. The Morgan fingerprint density at radius 2 is 2.32 bits per heavy atom. The Balaban J connectivity index is 2.21. The Kier molecular flexibility index (Phi) is 2.73. The number of carbonyl (C=O) groups is 1. The van der Waals surface area contributed by atoms with E-state index in [2.05, 4.69) is 30.1 Å². The molecule has 0 radical (unpaired) electrons. The summed E-state index contributed by atoms with van der Waals surface area (Å²) in [6, 6.07) is 6.29. The molecule has 0 saturated heterocycles. The third-order valence-electron chi connectivity index (χ3n) is 4.02. The van der Waals surface area contributed by atoms with E-state index in [0.717, 1.165) is 18.4 Å². The Labute approximate surface area is 112 Å². The van der Waals surface area contributed by atoms with Gasteiger partial charge in [0.1, 0.15) is 0 Å². The summed E-state index contributed by atoms with van der Waals surface area (Å²) >= 11 is 0. The summed E-state index contributed by atoms with van der Waals surface area (Å²) in [5, 5.41) is 10.5. The minimum absolute atomic E-state index is 0.0307. The van der Waals surface area contributed by atoms with Crippen molar-refractivity contribution in [2.24, 2.45) is 0 Å². The Bertz CT molecular complexity index is 645. The van der Waals surface area contributed by atoms with Gasteiger partial charge in [0.15, 0.2) is 0 Å². The number of aryl methyl sites for hydroxylation is 1. The zero-order valence-electron chi connectivity index (χ0n) is 11.2. The number of carboxylic acid groups (broad SMARTS) is 1. The number of hydrogen-bond donors (Lipinski definition) is 2. The van der Waals surface area contributed by atoms with Gasteiger partial charge in [-0.15, -0.1) is 0 Å². The molecule has 19 heavy (non-hydrogen) atoms. The molecule has 1 unspecified atom stereocenters. The van der Waals surface area contributed by atoms with Gasteiger partial charge in [-0.1, -0.05) is 18.6 Å². The molecule has 4 nitrogen and oxygen atoms in total. The van der Waals surface area contributed by atoms with Gasteiger partial charge in [0.05, 0.1) is 6.04 Å². The fraction of sp³-hybridized carbons (Fsp3) is 0.400. The van der Waals surface area contributed by atoms with Crippen LogP contribution in [0.5, 0.6) is 0 Å². The van der Waals surface area contributed by atoms with Crippen molar-refractivity contribution < 1.29 is 9.90 Å². The topological polar surface area (TPSA) is 56.3 Å². The Morgan fingerprint density at radius 3 is 3.00 bits per heavy atom. The molecule has 1 amide bonds. The number of nitrogens with zero attached hydrogens (tertiary/aromatic N) is 1. The quantitative estimate of drug-likeness (QED) is 0.823. The first-order chi connectivity index (χ1) is 9.11. The van der Waals surface area contributed by atoms with Gasteiger partial charge < -0.3 is 15.0 Å². The largest absolute Gasteiger partial charge is 0.465 e. The standard InChI is InChI=1S/C15H18N2O2/c1-3-13-14-10-8-9(2)4-5-11(10)16-12(14)6-7-17(13)15(18)19/h4-5,8,13,16H,3,6-7H2,1-2H3,(H,18,19). The first-order valence-corrected chi connectivity index (χ1v) is 6.72. The lowest BCUT2D eigenvalue weighted by molar-refractivity contribution is 0.119. The number of rotatable bonds is 1. The van der Waals surface area contributed by atoms with Crippen molar-refractivity contribution in [3.8, 4) is 0 Å². The van der Waals surface area contributed by atoms with Gasteiger partial charge in [-0.2, -0.15) is 0 Å². The number of fused-ring (bicyclic) bond motifs is 3. The van der Waals surface area contributed by atoms with Gasteiger partial charge in [0.25, 0.3) is 0 Å². The fourth-order valence-electron chi connectivity index (χ4n) is 3.16. The van der Waals surface area contributed by atoms with Crippen molar-refractivity contribution in [3.05, 3.63) is 35.0 Å². The molecule has 1 aliphatic heterocycles. The number of aromatic amines is 1. The molecular weight excluding hydrogens is 240 g/mol. The summed E-state index contributed by atoms with van der Waals surface area (Å²) in [4.78, 5) is 16.4. The van der Waals surface area contributed by atoms with E-state index in [9.17, 15) is 9.90 Å². The molecule has 2 aromatic rings. The maximum absolute atomic E-state index is 11.4. The van der Waals surface area contributed by atoms with Gasteiger partial charge in [-0.3, -0.25) is 0 Å². The molecule has 3 rings (SSSR count). The third kappa shape index (κ3) is 1.79. The first kappa shape index (κ1) is 12.1. The predicted octanol–water partition coefficient (Wildman–Crippen LogP) is 3.46. The normalized spacial score (nSPS) is 18.6. The van der Waals surface area contributed by atoms with E-state index >= 15 is 0 Å². The van der Waals surface area contributed by atoms with E-state index in [4.69, 9.17) is 0 Å². The molecule has 0 spiro atoms. The fourth-order valence-corrected chi connectivity index (χ4v) is 3.16. The average molecular weight is 258 g/mol. The SMILES string of the molecule is CCC1c2c([nH]c3ccc(C)cc23)CCN1C(=O)O. The van der Waals surface area contributed by atoms with Crippen LogP contribution in [-0.2, 0) is 6.42 Å². The molecule has 4 heteroatoms. The molecule has 2 heterocycles. The second-order valence-electron chi connectivity index (χ2n) is 5.22. The predicted molar refractivity (Wildman–Crippen MR) is 74.5 cm³/mol. The number of benzene rings is 1. The summed E-state index contributed by atoms with van der Waals surface area (Å²) in [7, 11) is 0. The summed E-state index contributed by atoms with van der Waals surface area (Å²) in [5.74, 6) is 0. The second-order valence-corrected chi connectivity index (χ2v) is 5.22. The van der Waals surface area contributed by atoms with Crippen molar-refractivity contribution in [1.82, 2.24) is 9.88 Å². The molecule has 0 bridgehead atoms. The highest BCUT2D eigenvalue weighted by molar-refractivity contribution is 5.86. The number of hydrogen-bond acceptors (Lipinski definition) is 1. The monoisotopic (exact) mass is 258 g/mol. The minimum Gasteiger partial charge on any atom is -0.465 e. The van der Waals surface area contributed by atoms with Crippen LogP contribution in [0.1, 0.15) is 36.2 Å². The molecule has 1 aromatic heterocycles. The average Bonchev–Trinajstić information content (AvgIpc) is 2.75. The zero-order valence-corrected chi connectivity index (χ0v) is 11.2. The summed E-state index contributed by atoms with van der Waals surface area (Å²) in [6.45, 7) is 4.69. The van der Waals surface area contributed by atoms with Gasteiger partial charge in [-0.05, 0) is 25.5 Å². The van der Waals surface area contributed by atoms with E-state index in [1.807, 2.05) is 6.92 Å². The van der Waals surface area contributed by atoms with Crippen LogP contribution in [0.2, 0.25) is 0 Å². The Hall–Kier alpha value is -1.97. The van der Waals surface area contributed by atoms with Crippen molar-refractivity contribution >= 4 is 17.0 Å². The van der Waals surface area contributed by atoms with Crippen LogP contribution in [0, 0.1) is 6.92 Å². The molecule has 1 aliphatic rings. The number of aromatic nitrogens is 1. The summed E-state index contributed by atoms with van der Waals surface area (Å²) < 4.78 is 0. The highest BCUT2D eigenvalue weighted by Crippen LogP contribution is 2.37. The molecule has 2 N–H and O–H groups in total. The molecule has 1 aromatic carbocycles. The van der Waals surface area contributed by atoms with Crippen LogP contribution < -0.4 is 0 Å². The smallest absolute Gasteiger partial charge is 0.407 e. The molecule has 0 saturated carbocycles. The van der Waals surface area contributed by atoms with E-state index in [1.54, 1.807) is 4.90 Å². The molecule has 0 aliphatic carbocycles. The van der Waals surface area contributed by atoms with Crippen LogP contribution in [0.4, 0.5) is 4.79 Å². The number of H-pyrrole nitrogens is 1. The van der Waals surface area contributed by atoms with Crippen LogP contribution in [0.3, 0.4) is 0 Å². The van der Waals surface area contributed by atoms with Gasteiger partial charge in [0, 0.05) is 35.1 Å². The lowest BCUT2D eigenvalue weighted by atomic mass is 9.94. The zero-order chi connectivity index (χ0) is 13.6. The van der Waals surface area contributed by atoms with E-state index in [0.29, 0.717) is 6.54 Å². The molecule has 1 atom stereocenters. The van der Waals surface area contributed by atoms with Gasteiger partial charge >= 0.3 is 6.09 Å². The summed E-state index contributed by atoms with van der Waals surface area (Å²) in [6.07, 6.45) is 0.756. The number of nitrogens with one attached hydrogen (secondary N) is 1. The first-order valence-electron chi connectivity index (χ1n) is 6.72. The lowest BCUT2D eigenvalue weighted by Crippen LogP contribution is -2.38. The Morgan fingerprint density at radius 1 is 1.53 bits per heavy atom. The van der Waals surface area contributed by atoms with Crippen molar-refractivity contribution in [3.63, 3.8) is 0 Å². The van der Waals surface area contributed by atoms with Crippen LogP contribution in [0.25, 0.3) is 10.9 Å². The molecule has 100 valence electrons. The van der Waals surface area contributed by atoms with E-state index in [-0.39, 0.29) is 6.04 Å². The maximum atomic E-state index is 11.4. The minimum atomic E-state index is -0.820. The highest BCUT2D eigenvalue weighted by Gasteiger charge is 2.32. The van der Waals surface area contributed by atoms with Crippen LogP contribution in [-0.4, -0.2) is 27.6 Å². The van der Waals surface area contributed by atoms with Crippen LogP contribution in [0.15, 0.2) is 18.2 Å². The van der Waals surface area contributed by atoms with Crippen LogP contribution >= 0.6 is 0 Å². The lowest BCUT2D eigenvalue weighted by Gasteiger charge is -2.33. The highest BCUT2D eigenvalue weighted by atomic mass is 16.4. The number of amides is 1. The van der Waals surface area contributed by atoms with Crippen molar-refractivity contribution in [2.45, 2.75) is 32.7 Å². The van der Waals surface area contributed by atoms with Gasteiger partial charge in [0.2, 0.25) is 0 Å². The third-order valence-corrected chi connectivity index (χ3v) is 4.02. The van der Waals surface area contributed by atoms with Gasteiger partial charge in [-0.25, -0.2) is 4.79 Å². The van der Waals surface area contributed by atoms with Crippen molar-refractivity contribution in [2.75, 3.05) is 6.54 Å². The molecule has 0 fully saturated rings. The van der Waals surface area contributed by atoms with E-state index < -0.39 is 6.09 Å². The van der Waals surface area contributed by atoms with Crippen molar-refractivity contribution in [1.29, 1.82) is 0 Å². The van der Waals surface area contributed by atoms with E-state index in [1.165, 1.54) is 22.2 Å². The molecular formula is C15H18N2O2. The second kappa shape index (κ2) is 4.30.